The Balaban J connectivity index is 1.54. The number of thiazole rings is 1. The van der Waals surface area contributed by atoms with Crippen LogP contribution in [0.15, 0.2) is 42.5 Å². The number of para-hydroxylation sites is 1. The maximum absolute atomic E-state index is 12.0. The van der Waals surface area contributed by atoms with Gasteiger partial charge in [0.05, 0.1) is 20.9 Å². The quantitative estimate of drug-likeness (QED) is 0.512. The van der Waals surface area contributed by atoms with Gasteiger partial charge in [0.2, 0.25) is 5.91 Å². The first-order chi connectivity index (χ1) is 12.0. The van der Waals surface area contributed by atoms with Gasteiger partial charge in [-0.2, -0.15) is 0 Å². The number of nitro groups is 1. The van der Waals surface area contributed by atoms with Crippen molar-refractivity contribution in [2.24, 2.45) is 0 Å². The molecule has 3 aromatic rings. The minimum atomic E-state index is -0.452. The fraction of sp³-hybridized carbons (Fsp3) is 0.176. The van der Waals surface area contributed by atoms with Crippen LogP contribution in [0.25, 0.3) is 10.2 Å². The van der Waals surface area contributed by atoms with E-state index in [9.17, 15) is 14.9 Å². The molecule has 0 unspecified atom stereocenters. The fourth-order valence-electron chi connectivity index (χ4n) is 2.29. The van der Waals surface area contributed by atoms with Crippen molar-refractivity contribution in [1.29, 1.82) is 0 Å². The van der Waals surface area contributed by atoms with Crippen molar-refractivity contribution < 1.29 is 9.72 Å². The molecule has 0 saturated carbocycles. The molecule has 2 aromatic carbocycles. The van der Waals surface area contributed by atoms with E-state index in [0.717, 1.165) is 15.2 Å². The normalized spacial score (nSPS) is 10.8. The average molecular weight is 373 g/mol. The Labute approximate surface area is 152 Å². The molecule has 6 nitrogen and oxygen atoms in total. The van der Waals surface area contributed by atoms with E-state index in [2.05, 4.69) is 10.3 Å². The van der Waals surface area contributed by atoms with Crippen molar-refractivity contribution in [3.05, 3.63) is 63.1 Å². The van der Waals surface area contributed by atoms with Gasteiger partial charge in [0.25, 0.3) is 5.69 Å². The number of hydrogen-bond donors (Lipinski definition) is 1. The molecule has 0 spiro atoms. The molecule has 128 valence electrons. The van der Waals surface area contributed by atoms with Gasteiger partial charge in [-0.3, -0.25) is 14.9 Å². The van der Waals surface area contributed by atoms with E-state index < -0.39 is 4.92 Å². The molecule has 1 amide bonds. The number of rotatable bonds is 6. The Morgan fingerprint density at radius 3 is 2.88 bits per heavy atom. The molecular weight excluding hydrogens is 358 g/mol. The van der Waals surface area contributed by atoms with E-state index in [1.807, 2.05) is 24.3 Å². The van der Waals surface area contributed by atoms with Crippen LogP contribution in [0.2, 0.25) is 0 Å². The fourth-order valence-corrected chi connectivity index (χ4v) is 4.14. The van der Waals surface area contributed by atoms with Crippen LogP contribution in [-0.4, -0.2) is 21.6 Å². The number of amides is 1. The van der Waals surface area contributed by atoms with Crippen molar-refractivity contribution in [3.63, 3.8) is 0 Å². The molecule has 0 aliphatic heterocycles. The SMILES string of the molecule is Cc1ccc(NC(=O)CSCc2nc3ccccc3s2)cc1[N+](=O)[O-]. The lowest BCUT2D eigenvalue weighted by Crippen LogP contribution is -2.14. The molecule has 1 heterocycles. The largest absolute Gasteiger partial charge is 0.325 e. The molecule has 0 atom stereocenters. The first-order valence-corrected chi connectivity index (χ1v) is 9.47. The van der Waals surface area contributed by atoms with Crippen molar-refractivity contribution in [2.45, 2.75) is 12.7 Å². The van der Waals surface area contributed by atoms with Crippen LogP contribution >= 0.6 is 23.1 Å². The Kier molecular flexibility index (Phi) is 5.30. The third kappa shape index (κ3) is 4.34. The van der Waals surface area contributed by atoms with Crippen LogP contribution in [0.1, 0.15) is 10.6 Å². The number of nitrogens with zero attached hydrogens (tertiary/aromatic N) is 2. The monoisotopic (exact) mass is 373 g/mol. The smallest absolute Gasteiger partial charge is 0.274 e. The third-order valence-electron chi connectivity index (χ3n) is 3.49. The summed E-state index contributed by atoms with van der Waals surface area (Å²) in [4.78, 5) is 27.0. The molecule has 8 heteroatoms. The number of carbonyl (C=O) groups excluding carboxylic acids is 1. The number of carbonyl (C=O) groups is 1. The Morgan fingerprint density at radius 2 is 2.12 bits per heavy atom. The standard InChI is InChI=1S/C17H15N3O3S2/c1-11-6-7-12(8-14(11)20(22)23)18-16(21)9-24-10-17-19-13-4-2-3-5-15(13)25-17/h2-8H,9-10H2,1H3,(H,18,21). The first kappa shape index (κ1) is 17.4. The van der Waals surface area contributed by atoms with E-state index in [1.165, 1.54) is 17.8 Å². The minimum Gasteiger partial charge on any atom is -0.325 e. The molecule has 1 aromatic heterocycles. The van der Waals surface area contributed by atoms with Crippen LogP contribution in [0.5, 0.6) is 0 Å². The molecule has 0 aliphatic rings. The summed E-state index contributed by atoms with van der Waals surface area (Å²) in [6.07, 6.45) is 0. The lowest BCUT2D eigenvalue weighted by atomic mass is 10.2. The number of aryl methyl sites for hydroxylation is 1. The summed E-state index contributed by atoms with van der Waals surface area (Å²) in [5.41, 5.74) is 1.97. The van der Waals surface area contributed by atoms with Crippen LogP contribution in [0.4, 0.5) is 11.4 Å². The number of aromatic nitrogens is 1. The van der Waals surface area contributed by atoms with Crippen molar-refractivity contribution in [2.75, 3.05) is 11.1 Å². The highest BCUT2D eigenvalue weighted by Gasteiger charge is 2.12. The molecule has 25 heavy (non-hydrogen) atoms. The van der Waals surface area contributed by atoms with Gasteiger partial charge >= 0.3 is 0 Å². The maximum atomic E-state index is 12.0. The summed E-state index contributed by atoms with van der Waals surface area (Å²) < 4.78 is 1.13. The number of nitrogens with one attached hydrogen (secondary N) is 1. The number of benzene rings is 2. The van der Waals surface area contributed by atoms with E-state index in [4.69, 9.17) is 0 Å². The summed E-state index contributed by atoms with van der Waals surface area (Å²) >= 11 is 3.09. The topological polar surface area (TPSA) is 85.1 Å². The summed E-state index contributed by atoms with van der Waals surface area (Å²) in [7, 11) is 0. The molecule has 0 fully saturated rings. The molecule has 0 aliphatic carbocycles. The highest BCUT2D eigenvalue weighted by molar-refractivity contribution is 7.99. The van der Waals surface area contributed by atoms with Gasteiger partial charge in [-0.05, 0) is 25.1 Å². The summed E-state index contributed by atoms with van der Waals surface area (Å²) in [6.45, 7) is 1.66. The molecular formula is C17H15N3O3S2. The van der Waals surface area contributed by atoms with E-state index in [0.29, 0.717) is 17.0 Å². The first-order valence-electron chi connectivity index (χ1n) is 7.50. The van der Waals surface area contributed by atoms with Gasteiger partial charge in [0, 0.05) is 23.1 Å². The summed E-state index contributed by atoms with van der Waals surface area (Å²) in [6, 6.07) is 12.6. The van der Waals surface area contributed by atoms with Gasteiger partial charge in [-0.25, -0.2) is 4.98 Å². The van der Waals surface area contributed by atoms with E-state index in [-0.39, 0.29) is 17.3 Å². The molecule has 0 saturated heterocycles. The second kappa shape index (κ2) is 7.62. The molecule has 1 N–H and O–H groups in total. The van der Waals surface area contributed by atoms with Crippen LogP contribution in [-0.2, 0) is 10.5 Å². The highest BCUT2D eigenvalue weighted by Crippen LogP contribution is 2.25. The second-order valence-corrected chi connectivity index (χ2v) is 7.48. The van der Waals surface area contributed by atoms with E-state index >= 15 is 0 Å². The minimum absolute atomic E-state index is 0.0000660. The van der Waals surface area contributed by atoms with Crippen molar-refractivity contribution in [1.82, 2.24) is 4.98 Å². The summed E-state index contributed by atoms with van der Waals surface area (Å²) in [5.74, 6) is 0.725. The summed E-state index contributed by atoms with van der Waals surface area (Å²) in [5, 5.41) is 14.6. The third-order valence-corrected chi connectivity index (χ3v) is 5.65. The second-order valence-electron chi connectivity index (χ2n) is 5.37. The van der Waals surface area contributed by atoms with Crippen LogP contribution in [0.3, 0.4) is 0 Å². The zero-order valence-corrected chi connectivity index (χ0v) is 15.0. The van der Waals surface area contributed by atoms with Gasteiger partial charge in [-0.15, -0.1) is 23.1 Å². The zero-order valence-electron chi connectivity index (χ0n) is 13.4. The molecule has 3 rings (SSSR count). The predicted molar refractivity (Wildman–Crippen MR) is 102 cm³/mol. The Bertz CT molecular complexity index is 907. The molecule has 0 bridgehead atoms. The Hall–Kier alpha value is -2.45. The van der Waals surface area contributed by atoms with Crippen LogP contribution in [0, 0.1) is 17.0 Å². The zero-order chi connectivity index (χ0) is 17.8. The molecule has 0 radical (unpaired) electrons. The number of hydrogen-bond acceptors (Lipinski definition) is 6. The van der Waals surface area contributed by atoms with E-state index in [1.54, 1.807) is 30.4 Å². The van der Waals surface area contributed by atoms with Crippen molar-refractivity contribution in [3.8, 4) is 0 Å². The van der Waals surface area contributed by atoms with Gasteiger partial charge in [-0.1, -0.05) is 18.2 Å². The van der Waals surface area contributed by atoms with Gasteiger partial charge < -0.3 is 5.32 Å². The average Bonchev–Trinajstić information content (AvgIpc) is 2.99. The van der Waals surface area contributed by atoms with Gasteiger partial charge in [0.15, 0.2) is 0 Å². The lowest BCUT2D eigenvalue weighted by molar-refractivity contribution is -0.385. The number of thioether (sulfide) groups is 1. The Morgan fingerprint density at radius 1 is 1.32 bits per heavy atom. The number of anilines is 1. The highest BCUT2D eigenvalue weighted by atomic mass is 32.2. The van der Waals surface area contributed by atoms with Crippen LogP contribution < -0.4 is 5.32 Å². The van der Waals surface area contributed by atoms with Gasteiger partial charge in [0.1, 0.15) is 5.01 Å². The van der Waals surface area contributed by atoms with Crippen molar-refractivity contribution >= 4 is 50.6 Å². The number of fused-ring (bicyclic) bond motifs is 1. The predicted octanol–water partition coefficient (Wildman–Crippen LogP) is 4.38. The maximum Gasteiger partial charge on any atom is 0.274 e. The number of nitro benzene ring substituents is 1. The lowest BCUT2D eigenvalue weighted by Gasteiger charge is -2.05.